The van der Waals surface area contributed by atoms with Gasteiger partial charge < -0.3 is 14.6 Å². The molecule has 172 valence electrons. The number of pyridine rings is 1. The van der Waals surface area contributed by atoms with Gasteiger partial charge in [-0.3, -0.25) is 14.5 Å². The molecule has 0 saturated heterocycles. The number of benzene rings is 2. The number of nitrogens with zero attached hydrogens (tertiary/aromatic N) is 2. The van der Waals surface area contributed by atoms with Crippen LogP contribution in [0.3, 0.4) is 0 Å². The molecular formula is C23H21F3N3O3P. The first kappa shape index (κ1) is 22.9. The van der Waals surface area contributed by atoms with Crippen LogP contribution in [0.25, 0.3) is 0 Å². The number of carbonyl (C=O) groups is 1. The zero-order valence-electron chi connectivity index (χ0n) is 17.9. The maximum Gasteiger partial charge on any atom is 0.573 e. The summed E-state index contributed by atoms with van der Waals surface area (Å²) in [4.78, 5) is 31.3. The number of alkyl halides is 3. The van der Waals surface area contributed by atoms with Crippen LogP contribution in [-0.4, -0.2) is 23.9 Å². The molecule has 1 aromatic heterocycles. The van der Waals surface area contributed by atoms with E-state index in [1.54, 1.807) is 11.0 Å². The van der Waals surface area contributed by atoms with Crippen molar-refractivity contribution < 1.29 is 22.7 Å². The molecular weight excluding hydrogens is 454 g/mol. The number of aryl methyl sites for hydroxylation is 2. The van der Waals surface area contributed by atoms with Gasteiger partial charge in [-0.25, -0.2) is 0 Å². The molecule has 2 aromatic carbocycles. The monoisotopic (exact) mass is 475 g/mol. The molecule has 0 spiro atoms. The summed E-state index contributed by atoms with van der Waals surface area (Å²) in [5.41, 5.74) is 2.98. The third kappa shape index (κ3) is 4.59. The summed E-state index contributed by atoms with van der Waals surface area (Å²) >= 11 is 0. The largest absolute Gasteiger partial charge is 0.573 e. The van der Waals surface area contributed by atoms with Crippen LogP contribution in [0.5, 0.6) is 5.75 Å². The van der Waals surface area contributed by atoms with Gasteiger partial charge in [-0.2, -0.15) is 0 Å². The molecule has 0 radical (unpaired) electrons. The second-order valence-corrected chi connectivity index (χ2v) is 8.28. The van der Waals surface area contributed by atoms with E-state index in [-0.39, 0.29) is 23.7 Å². The Hall–Kier alpha value is -3.32. The molecule has 1 N–H and O–H groups in total. The summed E-state index contributed by atoms with van der Waals surface area (Å²) in [7, 11) is 2.60. The Kier molecular flexibility index (Phi) is 5.93. The molecule has 1 unspecified atom stereocenters. The van der Waals surface area contributed by atoms with Gasteiger partial charge in [0, 0.05) is 23.5 Å². The lowest BCUT2D eigenvalue weighted by Gasteiger charge is -2.39. The number of anilines is 3. The molecule has 1 aliphatic heterocycles. The minimum absolute atomic E-state index is 0.0391. The van der Waals surface area contributed by atoms with Crippen LogP contribution < -0.4 is 25.4 Å². The van der Waals surface area contributed by atoms with Crippen molar-refractivity contribution in [3.05, 3.63) is 75.7 Å². The molecule has 4 rings (SSSR count). The van der Waals surface area contributed by atoms with Crippen LogP contribution >= 0.6 is 9.24 Å². The van der Waals surface area contributed by atoms with Gasteiger partial charge in [0.25, 0.3) is 5.91 Å². The first-order valence-corrected chi connectivity index (χ1v) is 10.7. The van der Waals surface area contributed by atoms with Crippen molar-refractivity contribution in [2.75, 3.05) is 16.5 Å². The topological polar surface area (TPSA) is 65.6 Å². The average molecular weight is 475 g/mol. The van der Waals surface area contributed by atoms with Crippen LogP contribution in [0, 0.1) is 6.92 Å². The highest BCUT2D eigenvalue weighted by atomic mass is 31.0. The number of fused-ring (bicyclic) bond motifs is 1. The van der Waals surface area contributed by atoms with E-state index in [0.717, 1.165) is 22.6 Å². The Labute approximate surface area is 190 Å². The van der Waals surface area contributed by atoms with Crippen molar-refractivity contribution in [1.29, 1.82) is 0 Å². The number of rotatable bonds is 4. The second-order valence-electron chi connectivity index (χ2n) is 7.62. The molecule has 33 heavy (non-hydrogen) atoms. The molecule has 6 nitrogen and oxygen atoms in total. The highest BCUT2D eigenvalue weighted by Crippen LogP contribution is 2.40. The number of hydrogen-bond acceptors (Lipinski definition) is 4. The molecule has 0 saturated carbocycles. The Morgan fingerprint density at radius 2 is 1.73 bits per heavy atom. The van der Waals surface area contributed by atoms with Gasteiger partial charge in [-0.05, 0) is 48.5 Å². The maximum absolute atomic E-state index is 13.4. The molecule has 1 amide bonds. The van der Waals surface area contributed by atoms with E-state index >= 15 is 0 Å². The number of aromatic nitrogens is 1. The second kappa shape index (κ2) is 8.56. The van der Waals surface area contributed by atoms with E-state index in [9.17, 15) is 22.8 Å². The Morgan fingerprint density at radius 1 is 1.00 bits per heavy atom. The lowest BCUT2D eigenvalue weighted by Crippen LogP contribution is -2.46. The minimum atomic E-state index is -4.85. The SMILES string of the molecule is CCc1[nH]c(=O)ccc1N1CN(c2ccc(P)cc2C)c2cc(OC(F)(F)F)ccc2C1=O. The van der Waals surface area contributed by atoms with Crippen molar-refractivity contribution in [3.8, 4) is 5.75 Å². The van der Waals surface area contributed by atoms with Crippen molar-refractivity contribution in [3.63, 3.8) is 0 Å². The molecule has 0 fully saturated rings. The summed E-state index contributed by atoms with van der Waals surface area (Å²) < 4.78 is 42.6. The number of amides is 1. The van der Waals surface area contributed by atoms with E-state index in [4.69, 9.17) is 0 Å². The number of H-pyrrole nitrogens is 1. The molecule has 0 aliphatic carbocycles. The zero-order valence-corrected chi connectivity index (χ0v) is 19.0. The fourth-order valence-electron chi connectivity index (χ4n) is 3.95. The molecule has 1 atom stereocenters. The van der Waals surface area contributed by atoms with Gasteiger partial charge in [0.15, 0.2) is 0 Å². The van der Waals surface area contributed by atoms with Gasteiger partial charge >= 0.3 is 6.36 Å². The van der Waals surface area contributed by atoms with E-state index < -0.39 is 12.1 Å². The summed E-state index contributed by atoms with van der Waals surface area (Å²) in [6, 6.07) is 12.2. The Balaban J connectivity index is 1.89. The minimum Gasteiger partial charge on any atom is -0.406 e. The van der Waals surface area contributed by atoms with Crippen molar-refractivity contribution in [2.45, 2.75) is 26.6 Å². The summed E-state index contributed by atoms with van der Waals surface area (Å²) in [6.45, 7) is 3.78. The third-order valence-electron chi connectivity index (χ3n) is 5.38. The molecule has 1 aliphatic rings. The number of halogens is 3. The first-order valence-electron chi connectivity index (χ1n) is 10.1. The van der Waals surface area contributed by atoms with Crippen LogP contribution in [0.2, 0.25) is 0 Å². The standard InChI is InChI=1S/C23H21F3N3O3P/c1-3-17-19(8-9-21(30)27-17)29-12-28(18-7-5-15(33)10-13(18)2)20-11-14(32-23(24,25)26)4-6-16(20)22(29)31/h4-11H,3,12,33H2,1-2H3,(H,27,30). The molecule has 10 heteroatoms. The number of carbonyl (C=O) groups excluding carboxylic acids is 1. The van der Waals surface area contributed by atoms with Gasteiger partial charge in [0.1, 0.15) is 12.4 Å². The van der Waals surface area contributed by atoms with Gasteiger partial charge in [0.05, 0.1) is 16.9 Å². The van der Waals surface area contributed by atoms with Crippen LogP contribution in [0.4, 0.5) is 30.2 Å². The quantitative estimate of drug-likeness (QED) is 0.569. The van der Waals surface area contributed by atoms with E-state index in [1.165, 1.54) is 23.1 Å². The van der Waals surface area contributed by atoms with Crippen LogP contribution in [0.1, 0.15) is 28.5 Å². The van der Waals surface area contributed by atoms with Gasteiger partial charge in [-0.15, -0.1) is 22.4 Å². The fourth-order valence-corrected chi connectivity index (χ4v) is 4.29. The Bertz CT molecular complexity index is 1290. The van der Waals surface area contributed by atoms with Gasteiger partial charge in [-0.1, -0.05) is 19.1 Å². The smallest absolute Gasteiger partial charge is 0.406 e. The molecule has 0 bridgehead atoms. The van der Waals surface area contributed by atoms with Crippen LogP contribution in [0.15, 0.2) is 53.3 Å². The predicted octanol–water partition coefficient (Wildman–Crippen LogP) is 4.40. The average Bonchev–Trinajstić information content (AvgIpc) is 2.73. The van der Waals surface area contributed by atoms with Crippen LogP contribution in [-0.2, 0) is 6.42 Å². The zero-order chi connectivity index (χ0) is 23.9. The third-order valence-corrected chi connectivity index (χ3v) is 5.74. The normalized spacial score (nSPS) is 13.8. The maximum atomic E-state index is 13.4. The predicted molar refractivity (Wildman–Crippen MR) is 124 cm³/mol. The summed E-state index contributed by atoms with van der Waals surface area (Å²) in [5, 5.41) is 0.949. The van der Waals surface area contributed by atoms with Crippen molar-refractivity contribution >= 4 is 37.5 Å². The highest BCUT2D eigenvalue weighted by Gasteiger charge is 2.35. The number of ether oxygens (including phenoxy) is 1. The summed E-state index contributed by atoms with van der Waals surface area (Å²) in [6.07, 6.45) is -4.37. The van der Waals surface area contributed by atoms with E-state index in [0.29, 0.717) is 23.5 Å². The fraction of sp³-hybridized carbons (Fsp3) is 0.217. The number of nitrogens with one attached hydrogen (secondary N) is 1. The first-order chi connectivity index (χ1) is 15.6. The number of aromatic amines is 1. The van der Waals surface area contributed by atoms with Crippen molar-refractivity contribution in [2.24, 2.45) is 0 Å². The highest BCUT2D eigenvalue weighted by molar-refractivity contribution is 7.27. The Morgan fingerprint density at radius 3 is 2.39 bits per heavy atom. The lowest BCUT2D eigenvalue weighted by molar-refractivity contribution is -0.274. The molecule has 2 heterocycles. The lowest BCUT2D eigenvalue weighted by atomic mass is 10.0. The van der Waals surface area contributed by atoms with E-state index in [2.05, 4.69) is 19.0 Å². The van der Waals surface area contributed by atoms with Gasteiger partial charge in [0.2, 0.25) is 5.56 Å². The number of hydrogen-bond donors (Lipinski definition) is 1. The van der Waals surface area contributed by atoms with E-state index in [1.807, 2.05) is 32.0 Å². The molecule has 3 aromatic rings. The summed E-state index contributed by atoms with van der Waals surface area (Å²) in [5.74, 6) is -0.798. The van der Waals surface area contributed by atoms with Crippen molar-refractivity contribution in [1.82, 2.24) is 4.98 Å².